The Morgan fingerprint density at radius 2 is 1.90 bits per heavy atom. The van der Waals surface area contributed by atoms with Crippen molar-refractivity contribution >= 4 is 43.5 Å². The number of aryl methyl sites for hydroxylation is 1. The molecule has 5 atom stereocenters. The highest BCUT2D eigenvalue weighted by molar-refractivity contribution is 14.1. The number of fused-ring (bicyclic) bond motifs is 4. The van der Waals surface area contributed by atoms with Crippen molar-refractivity contribution in [1.29, 1.82) is 0 Å². The van der Waals surface area contributed by atoms with Gasteiger partial charge in [-0.2, -0.15) is 0 Å². The maximum absolute atomic E-state index is 13.8. The zero-order valence-electron chi connectivity index (χ0n) is 23.0. The highest BCUT2D eigenvalue weighted by atomic mass is 127. The molecular weight excluding hydrogens is 645 g/mol. The lowest BCUT2D eigenvalue weighted by molar-refractivity contribution is 0.00490. The van der Waals surface area contributed by atoms with Gasteiger partial charge in [-0.25, -0.2) is 13.1 Å². The molecule has 1 aromatic heterocycles. The van der Waals surface area contributed by atoms with Gasteiger partial charge in [-0.05, 0) is 120 Å². The van der Waals surface area contributed by atoms with Gasteiger partial charge in [-0.15, -0.1) is 6.58 Å². The Labute approximate surface area is 256 Å². The monoisotopic (exact) mass is 679 g/mol. The van der Waals surface area contributed by atoms with Crippen molar-refractivity contribution in [2.24, 2.45) is 11.8 Å². The Balaban J connectivity index is 1.38. The van der Waals surface area contributed by atoms with Crippen LogP contribution in [-0.2, 0) is 16.6 Å². The van der Waals surface area contributed by atoms with Crippen LogP contribution in [0, 0.1) is 22.3 Å². The van der Waals surface area contributed by atoms with Crippen LogP contribution in [0.3, 0.4) is 0 Å². The number of sulfonamides is 1. The number of rotatable bonds is 9. The van der Waals surface area contributed by atoms with Crippen LogP contribution in [0.2, 0.25) is 0 Å². The highest BCUT2D eigenvalue weighted by Crippen LogP contribution is 2.43. The van der Waals surface area contributed by atoms with Gasteiger partial charge in [0, 0.05) is 27.7 Å². The number of ether oxygens (including phenoxy) is 1. The van der Waals surface area contributed by atoms with E-state index in [2.05, 4.69) is 74.1 Å². The van der Waals surface area contributed by atoms with Crippen molar-refractivity contribution in [3.63, 3.8) is 0 Å². The minimum Gasteiger partial charge on any atom is -0.489 e. The molecule has 0 radical (unpaired) electrons. The highest BCUT2D eigenvalue weighted by Gasteiger charge is 2.44. The van der Waals surface area contributed by atoms with Crippen LogP contribution in [-0.4, -0.2) is 37.4 Å². The molecule has 8 heteroatoms. The second-order valence-corrected chi connectivity index (χ2v) is 14.1. The summed E-state index contributed by atoms with van der Waals surface area (Å²) in [6, 6.07) is 22.7. The second kappa shape index (κ2) is 11.8. The van der Waals surface area contributed by atoms with E-state index in [1.165, 1.54) is 3.57 Å². The van der Waals surface area contributed by atoms with Gasteiger partial charge in [0.2, 0.25) is 10.0 Å². The number of piperidine rings is 3. The van der Waals surface area contributed by atoms with E-state index < -0.39 is 16.1 Å². The summed E-state index contributed by atoms with van der Waals surface area (Å²) in [6.45, 7) is 8.32. The standard InChI is InChI=1S/C33H34IN3O3S/c1-3-24-20-37-17-15-25(24)18-32(37)33(36-41(38,39)28-11-4-22(2)5-12-28)29-14-16-35-31-13-10-27(19-30(29)31)40-21-23-6-8-26(34)9-7-23/h3-14,16,19,24-25,32-33,36H,1,15,17-18,20-21H2,2H3. The molecule has 2 bridgehead atoms. The predicted molar refractivity (Wildman–Crippen MR) is 171 cm³/mol. The summed E-state index contributed by atoms with van der Waals surface area (Å²) in [6.07, 6.45) is 5.86. The van der Waals surface area contributed by atoms with E-state index in [0.29, 0.717) is 18.4 Å². The third-order valence-electron chi connectivity index (χ3n) is 8.55. The van der Waals surface area contributed by atoms with Crippen molar-refractivity contribution in [2.45, 2.75) is 43.4 Å². The molecule has 3 aromatic carbocycles. The van der Waals surface area contributed by atoms with Crippen LogP contribution in [0.5, 0.6) is 5.75 Å². The molecule has 3 aliphatic rings. The third kappa shape index (κ3) is 6.07. The molecule has 3 saturated heterocycles. The number of halogens is 1. The molecule has 4 aromatic rings. The second-order valence-electron chi connectivity index (χ2n) is 11.2. The van der Waals surface area contributed by atoms with Gasteiger partial charge in [0.25, 0.3) is 0 Å². The molecule has 3 aliphatic heterocycles. The Bertz CT molecular complexity index is 1660. The maximum atomic E-state index is 13.8. The maximum Gasteiger partial charge on any atom is 0.241 e. The van der Waals surface area contributed by atoms with E-state index in [1.807, 2.05) is 43.3 Å². The van der Waals surface area contributed by atoms with Gasteiger partial charge in [0.1, 0.15) is 12.4 Å². The number of nitrogens with zero attached hydrogens (tertiary/aromatic N) is 2. The van der Waals surface area contributed by atoms with Crippen molar-refractivity contribution in [3.05, 3.63) is 112 Å². The summed E-state index contributed by atoms with van der Waals surface area (Å²) in [7, 11) is -3.79. The molecule has 3 fully saturated rings. The molecule has 0 saturated carbocycles. The zero-order valence-corrected chi connectivity index (χ0v) is 26.0. The molecule has 212 valence electrons. The first-order valence-corrected chi connectivity index (χ1v) is 16.6. The average Bonchev–Trinajstić information content (AvgIpc) is 2.99. The topological polar surface area (TPSA) is 71.5 Å². The first-order valence-electron chi connectivity index (χ1n) is 14.0. The molecule has 0 amide bonds. The fourth-order valence-corrected chi connectivity index (χ4v) is 7.89. The van der Waals surface area contributed by atoms with E-state index in [1.54, 1.807) is 18.3 Å². The Hall–Kier alpha value is -2.79. The summed E-state index contributed by atoms with van der Waals surface area (Å²) in [5.41, 5.74) is 3.83. The van der Waals surface area contributed by atoms with Crippen LogP contribution < -0.4 is 9.46 Å². The molecular formula is C33H34IN3O3S. The van der Waals surface area contributed by atoms with E-state index in [9.17, 15) is 8.42 Å². The largest absolute Gasteiger partial charge is 0.489 e. The summed E-state index contributed by atoms with van der Waals surface area (Å²) < 4.78 is 38.1. The Morgan fingerprint density at radius 3 is 2.61 bits per heavy atom. The van der Waals surface area contributed by atoms with Gasteiger partial charge in [-0.1, -0.05) is 35.9 Å². The van der Waals surface area contributed by atoms with Crippen molar-refractivity contribution < 1.29 is 13.2 Å². The van der Waals surface area contributed by atoms with Crippen LogP contribution in [0.4, 0.5) is 0 Å². The number of benzene rings is 3. The van der Waals surface area contributed by atoms with Crippen molar-refractivity contribution in [2.75, 3.05) is 13.1 Å². The third-order valence-corrected chi connectivity index (χ3v) is 10.7. The lowest BCUT2D eigenvalue weighted by Gasteiger charge is -2.51. The molecule has 41 heavy (non-hydrogen) atoms. The molecule has 0 spiro atoms. The fourth-order valence-electron chi connectivity index (χ4n) is 6.28. The quantitative estimate of drug-likeness (QED) is 0.159. The van der Waals surface area contributed by atoms with E-state index in [4.69, 9.17) is 4.74 Å². The fraction of sp³-hybridized carbons (Fsp3) is 0.303. The predicted octanol–water partition coefficient (Wildman–Crippen LogP) is 6.64. The van der Waals surface area contributed by atoms with Crippen LogP contribution in [0.25, 0.3) is 10.9 Å². The molecule has 6 nitrogen and oxygen atoms in total. The first kappa shape index (κ1) is 28.3. The molecule has 7 rings (SSSR count). The summed E-state index contributed by atoms with van der Waals surface area (Å²) in [5.74, 6) is 1.65. The lowest BCUT2D eigenvalue weighted by atomic mass is 9.73. The molecule has 0 aliphatic carbocycles. The Kier molecular flexibility index (Phi) is 8.18. The number of hydrogen-bond donors (Lipinski definition) is 1. The summed E-state index contributed by atoms with van der Waals surface area (Å²) in [5, 5.41) is 0.895. The van der Waals surface area contributed by atoms with E-state index >= 15 is 0 Å². The molecule has 1 N–H and O–H groups in total. The van der Waals surface area contributed by atoms with Gasteiger partial charge < -0.3 is 4.74 Å². The van der Waals surface area contributed by atoms with Gasteiger partial charge >= 0.3 is 0 Å². The number of pyridine rings is 1. The Morgan fingerprint density at radius 1 is 1.12 bits per heavy atom. The minimum absolute atomic E-state index is 0.0205. The number of aromatic nitrogens is 1. The van der Waals surface area contributed by atoms with Crippen LogP contribution >= 0.6 is 22.6 Å². The van der Waals surface area contributed by atoms with Crippen LogP contribution in [0.1, 0.15) is 35.6 Å². The first-order chi connectivity index (χ1) is 19.8. The molecule has 5 unspecified atom stereocenters. The van der Waals surface area contributed by atoms with Crippen molar-refractivity contribution in [3.8, 4) is 5.75 Å². The summed E-state index contributed by atoms with van der Waals surface area (Å²) in [4.78, 5) is 7.33. The van der Waals surface area contributed by atoms with E-state index in [-0.39, 0.29) is 10.9 Å². The van der Waals surface area contributed by atoms with E-state index in [0.717, 1.165) is 59.3 Å². The number of hydrogen-bond acceptors (Lipinski definition) is 5. The SMILES string of the molecule is C=CC1CN2CCC1CC2C(NS(=O)(=O)c1ccc(C)cc1)c1ccnc2ccc(OCc3ccc(I)cc3)cc12. The lowest BCUT2D eigenvalue weighted by Crippen LogP contribution is -2.57. The summed E-state index contributed by atoms with van der Waals surface area (Å²) >= 11 is 2.29. The minimum atomic E-state index is -3.79. The van der Waals surface area contributed by atoms with Gasteiger partial charge in [0.05, 0.1) is 16.5 Å². The molecule has 4 heterocycles. The number of nitrogens with one attached hydrogen (secondary N) is 1. The average molecular weight is 680 g/mol. The van der Waals surface area contributed by atoms with Crippen LogP contribution in [0.15, 0.2) is 96.5 Å². The normalized spacial score (nSPS) is 22.9. The van der Waals surface area contributed by atoms with Crippen molar-refractivity contribution in [1.82, 2.24) is 14.6 Å². The van der Waals surface area contributed by atoms with Gasteiger partial charge in [0.15, 0.2) is 0 Å². The smallest absolute Gasteiger partial charge is 0.241 e. The van der Waals surface area contributed by atoms with Gasteiger partial charge in [-0.3, -0.25) is 9.88 Å². The zero-order chi connectivity index (χ0) is 28.6.